The van der Waals surface area contributed by atoms with Gasteiger partial charge in [0, 0.05) is 12.1 Å². The van der Waals surface area contributed by atoms with Crippen LogP contribution in [0.1, 0.15) is 42.5 Å². The van der Waals surface area contributed by atoms with Gasteiger partial charge in [-0.1, -0.05) is 0 Å². The molecule has 0 unspecified atom stereocenters. The normalized spacial score (nSPS) is 11.3. The zero-order chi connectivity index (χ0) is 10.9. The van der Waals surface area contributed by atoms with Crippen molar-refractivity contribution in [3.63, 3.8) is 0 Å². The zero-order valence-electron chi connectivity index (χ0n) is 7.74. The Morgan fingerprint density at radius 1 is 1.57 bits per heavy atom. The molecule has 4 nitrogen and oxygen atoms in total. The van der Waals surface area contributed by atoms with Crippen molar-refractivity contribution in [1.82, 2.24) is 9.78 Å². The Hall–Kier alpha value is -1.46. The molecule has 1 N–H and O–H groups in total. The average Bonchev–Trinajstić information content (AvgIpc) is 2.47. The van der Waals surface area contributed by atoms with Crippen molar-refractivity contribution in [1.29, 1.82) is 0 Å². The van der Waals surface area contributed by atoms with Crippen LogP contribution in [-0.4, -0.2) is 20.9 Å². The first kappa shape index (κ1) is 10.6. The molecular weight excluding hydrogens is 194 g/mol. The molecule has 1 heterocycles. The number of aromatic nitrogens is 2. The minimum Gasteiger partial charge on any atom is -0.477 e. The summed E-state index contributed by atoms with van der Waals surface area (Å²) in [5, 5.41) is 12.2. The van der Waals surface area contributed by atoms with Gasteiger partial charge in [-0.3, -0.25) is 4.68 Å². The van der Waals surface area contributed by atoms with Crippen molar-refractivity contribution in [2.24, 2.45) is 0 Å². The third kappa shape index (κ3) is 1.89. The van der Waals surface area contributed by atoms with Gasteiger partial charge in [0.2, 0.25) is 0 Å². The number of aromatic carboxylic acids is 1. The highest BCUT2D eigenvalue weighted by atomic mass is 19.3. The maximum absolute atomic E-state index is 12.2. The summed E-state index contributed by atoms with van der Waals surface area (Å²) >= 11 is 0. The van der Waals surface area contributed by atoms with Crippen molar-refractivity contribution in [2.75, 3.05) is 0 Å². The zero-order valence-corrected chi connectivity index (χ0v) is 7.74. The summed E-state index contributed by atoms with van der Waals surface area (Å²) in [5.41, 5.74) is -0.716. The molecule has 0 aliphatic heterocycles. The Kier molecular flexibility index (Phi) is 2.83. The monoisotopic (exact) mass is 204 g/mol. The molecule has 0 radical (unpaired) electrons. The van der Waals surface area contributed by atoms with E-state index in [0.717, 1.165) is 10.7 Å². The number of nitrogens with zero attached hydrogens (tertiary/aromatic N) is 2. The predicted octanol–water partition coefficient (Wildman–Crippen LogP) is 2.10. The van der Waals surface area contributed by atoms with E-state index in [0.29, 0.717) is 0 Å². The largest absolute Gasteiger partial charge is 0.477 e. The molecule has 78 valence electrons. The molecule has 0 aromatic carbocycles. The topological polar surface area (TPSA) is 55.1 Å². The smallest absolute Gasteiger partial charge is 0.354 e. The van der Waals surface area contributed by atoms with Gasteiger partial charge in [-0.2, -0.15) is 5.10 Å². The summed E-state index contributed by atoms with van der Waals surface area (Å²) in [6.07, 6.45) is -2.74. The molecule has 0 bridgehead atoms. The lowest BCUT2D eigenvalue weighted by Crippen LogP contribution is -2.11. The molecule has 0 aliphatic carbocycles. The number of carbonyl (C=O) groups is 1. The van der Waals surface area contributed by atoms with E-state index in [1.165, 1.54) is 0 Å². The van der Waals surface area contributed by atoms with E-state index < -0.39 is 18.1 Å². The second kappa shape index (κ2) is 3.73. The highest BCUT2D eigenvalue weighted by Crippen LogP contribution is 2.20. The molecule has 1 aromatic heterocycles. The Morgan fingerprint density at radius 2 is 2.14 bits per heavy atom. The van der Waals surface area contributed by atoms with Gasteiger partial charge >= 0.3 is 5.97 Å². The van der Waals surface area contributed by atoms with E-state index in [1.54, 1.807) is 13.8 Å². The number of carboxylic acid groups (broad SMARTS) is 1. The SMILES string of the molecule is CC(C)n1nc(C(F)F)cc1C(=O)O. The third-order valence-electron chi connectivity index (χ3n) is 1.69. The fourth-order valence-electron chi connectivity index (χ4n) is 1.07. The molecule has 0 saturated heterocycles. The Labute approximate surface area is 79.2 Å². The Balaban J connectivity index is 3.19. The van der Waals surface area contributed by atoms with Crippen molar-refractivity contribution in [3.8, 4) is 0 Å². The van der Waals surface area contributed by atoms with Gasteiger partial charge < -0.3 is 5.11 Å². The minimum absolute atomic E-state index is 0.213. The highest BCUT2D eigenvalue weighted by molar-refractivity contribution is 5.85. The maximum Gasteiger partial charge on any atom is 0.354 e. The standard InChI is InChI=1S/C8H10F2N2O2/c1-4(2)12-6(8(13)14)3-5(11-12)7(9)10/h3-4,7H,1-2H3,(H,13,14). The molecule has 1 rings (SSSR count). The van der Waals surface area contributed by atoms with E-state index in [4.69, 9.17) is 5.11 Å². The van der Waals surface area contributed by atoms with Gasteiger partial charge in [0.15, 0.2) is 0 Å². The molecule has 0 atom stereocenters. The van der Waals surface area contributed by atoms with Crippen LogP contribution in [0.5, 0.6) is 0 Å². The van der Waals surface area contributed by atoms with Crippen LogP contribution in [0.2, 0.25) is 0 Å². The first-order valence-corrected chi connectivity index (χ1v) is 4.04. The Morgan fingerprint density at radius 3 is 2.43 bits per heavy atom. The second-order valence-corrected chi connectivity index (χ2v) is 3.10. The molecule has 0 saturated carbocycles. The van der Waals surface area contributed by atoms with Crippen LogP contribution >= 0.6 is 0 Å². The van der Waals surface area contributed by atoms with Crippen molar-refractivity contribution >= 4 is 5.97 Å². The van der Waals surface area contributed by atoms with E-state index in [1.807, 2.05) is 0 Å². The summed E-state index contributed by atoms with van der Waals surface area (Å²) in [4.78, 5) is 10.7. The first-order valence-electron chi connectivity index (χ1n) is 4.04. The van der Waals surface area contributed by atoms with Crippen LogP contribution in [0.25, 0.3) is 0 Å². The molecular formula is C8H10F2N2O2. The summed E-state index contributed by atoms with van der Waals surface area (Å²) in [5.74, 6) is -1.25. The van der Waals surface area contributed by atoms with Crippen LogP contribution in [0, 0.1) is 0 Å². The van der Waals surface area contributed by atoms with Crippen molar-refractivity contribution in [2.45, 2.75) is 26.3 Å². The number of alkyl halides is 2. The van der Waals surface area contributed by atoms with E-state index in [-0.39, 0.29) is 11.7 Å². The average molecular weight is 204 g/mol. The molecule has 0 amide bonds. The van der Waals surface area contributed by atoms with E-state index >= 15 is 0 Å². The molecule has 0 spiro atoms. The predicted molar refractivity (Wildman–Crippen MR) is 44.5 cm³/mol. The van der Waals surface area contributed by atoms with Gasteiger partial charge in [-0.15, -0.1) is 0 Å². The van der Waals surface area contributed by atoms with E-state index in [2.05, 4.69) is 5.10 Å². The number of carboxylic acids is 1. The first-order chi connectivity index (χ1) is 6.43. The number of hydrogen-bond acceptors (Lipinski definition) is 2. The third-order valence-corrected chi connectivity index (χ3v) is 1.69. The van der Waals surface area contributed by atoms with E-state index in [9.17, 15) is 13.6 Å². The lowest BCUT2D eigenvalue weighted by molar-refractivity contribution is 0.0681. The fraction of sp³-hybridized carbons (Fsp3) is 0.500. The number of rotatable bonds is 3. The molecule has 14 heavy (non-hydrogen) atoms. The number of hydrogen-bond donors (Lipinski definition) is 1. The molecule has 6 heteroatoms. The van der Waals surface area contributed by atoms with Crippen molar-refractivity contribution in [3.05, 3.63) is 17.5 Å². The lowest BCUT2D eigenvalue weighted by atomic mass is 10.3. The van der Waals surface area contributed by atoms with Gasteiger partial charge in [0.25, 0.3) is 6.43 Å². The van der Waals surface area contributed by atoms with Crippen LogP contribution in [-0.2, 0) is 0 Å². The fourth-order valence-corrected chi connectivity index (χ4v) is 1.07. The highest BCUT2D eigenvalue weighted by Gasteiger charge is 2.20. The molecule has 0 aliphatic rings. The lowest BCUT2D eigenvalue weighted by Gasteiger charge is -2.07. The minimum atomic E-state index is -2.74. The van der Waals surface area contributed by atoms with Gasteiger partial charge in [0.05, 0.1) is 0 Å². The van der Waals surface area contributed by atoms with Crippen LogP contribution in [0.3, 0.4) is 0 Å². The summed E-state index contributed by atoms with van der Waals surface area (Å²) < 4.78 is 25.5. The second-order valence-electron chi connectivity index (χ2n) is 3.10. The summed E-state index contributed by atoms with van der Waals surface area (Å²) in [7, 11) is 0. The van der Waals surface area contributed by atoms with Crippen LogP contribution in [0.15, 0.2) is 6.07 Å². The Bertz CT molecular complexity index is 347. The van der Waals surface area contributed by atoms with Crippen LogP contribution < -0.4 is 0 Å². The van der Waals surface area contributed by atoms with Gasteiger partial charge in [-0.05, 0) is 13.8 Å². The number of halogens is 2. The van der Waals surface area contributed by atoms with Crippen molar-refractivity contribution < 1.29 is 18.7 Å². The van der Waals surface area contributed by atoms with Crippen LogP contribution in [0.4, 0.5) is 8.78 Å². The summed E-state index contributed by atoms with van der Waals surface area (Å²) in [6.45, 7) is 3.35. The maximum atomic E-state index is 12.2. The van der Waals surface area contributed by atoms with Gasteiger partial charge in [0.1, 0.15) is 11.4 Å². The quantitative estimate of drug-likeness (QED) is 0.820. The molecule has 0 fully saturated rings. The summed E-state index contributed by atoms with van der Waals surface area (Å²) in [6, 6.07) is 0.640. The molecule has 1 aromatic rings. The van der Waals surface area contributed by atoms with Gasteiger partial charge in [-0.25, -0.2) is 13.6 Å².